The van der Waals surface area contributed by atoms with Crippen molar-refractivity contribution in [2.24, 2.45) is 11.8 Å². The molecule has 6 heteroatoms. The normalized spacial score (nSPS) is 18.7. The van der Waals surface area contributed by atoms with E-state index in [1.165, 1.54) is 32.7 Å². The molecule has 22 heavy (non-hydrogen) atoms. The van der Waals surface area contributed by atoms with Crippen LogP contribution in [0.2, 0.25) is 0 Å². The number of carbonyl (C=O) groups excluding carboxylic acids is 1. The van der Waals surface area contributed by atoms with Crippen molar-refractivity contribution < 1.29 is 13.2 Å². The molecule has 5 nitrogen and oxygen atoms in total. The lowest BCUT2D eigenvalue weighted by Crippen LogP contribution is -2.44. The molecule has 1 amide bonds. The van der Waals surface area contributed by atoms with E-state index in [-0.39, 0.29) is 23.4 Å². The summed E-state index contributed by atoms with van der Waals surface area (Å²) in [7, 11) is -2.16. The summed E-state index contributed by atoms with van der Waals surface area (Å²) in [5, 5.41) is 3.05. The molecule has 0 unspecified atom stereocenters. The molecule has 2 aliphatic carbocycles. The van der Waals surface area contributed by atoms with E-state index >= 15 is 0 Å². The summed E-state index contributed by atoms with van der Waals surface area (Å²) in [5.41, 5.74) is 0. The van der Waals surface area contributed by atoms with Crippen molar-refractivity contribution in [3.05, 3.63) is 30.3 Å². The number of rotatable bonds is 7. The monoisotopic (exact) mass is 322 g/mol. The molecule has 0 aromatic heterocycles. The zero-order chi connectivity index (χ0) is 15.7. The van der Waals surface area contributed by atoms with Crippen LogP contribution in [0.25, 0.3) is 0 Å². The summed E-state index contributed by atoms with van der Waals surface area (Å²) in [6.07, 6.45) is 4.72. The van der Waals surface area contributed by atoms with Crippen LogP contribution in [-0.4, -0.2) is 38.3 Å². The smallest absolute Gasteiger partial charge is 0.243 e. The highest BCUT2D eigenvalue weighted by Gasteiger charge is 2.42. The van der Waals surface area contributed by atoms with E-state index in [0.29, 0.717) is 11.8 Å². The van der Waals surface area contributed by atoms with E-state index in [1.54, 1.807) is 30.3 Å². The quantitative estimate of drug-likeness (QED) is 0.829. The van der Waals surface area contributed by atoms with Gasteiger partial charge in [-0.3, -0.25) is 4.79 Å². The lowest BCUT2D eigenvalue weighted by atomic mass is 10.1. The zero-order valence-corrected chi connectivity index (χ0v) is 13.6. The average Bonchev–Trinajstić information content (AvgIpc) is 3.39. The first-order valence-corrected chi connectivity index (χ1v) is 9.23. The fourth-order valence-corrected chi connectivity index (χ4v) is 3.97. The highest BCUT2D eigenvalue weighted by Crippen LogP contribution is 2.44. The van der Waals surface area contributed by atoms with Crippen molar-refractivity contribution in [1.82, 2.24) is 9.62 Å². The van der Waals surface area contributed by atoms with Crippen molar-refractivity contribution in [2.75, 3.05) is 13.6 Å². The molecule has 0 saturated heterocycles. The minimum atomic E-state index is -3.61. The van der Waals surface area contributed by atoms with Crippen LogP contribution < -0.4 is 5.32 Å². The molecule has 1 aromatic carbocycles. The number of hydrogen-bond donors (Lipinski definition) is 1. The molecule has 0 aliphatic heterocycles. The first kappa shape index (κ1) is 15.5. The highest BCUT2D eigenvalue weighted by atomic mass is 32.2. The van der Waals surface area contributed by atoms with E-state index < -0.39 is 10.0 Å². The lowest BCUT2D eigenvalue weighted by Gasteiger charge is -2.21. The van der Waals surface area contributed by atoms with Crippen molar-refractivity contribution in [1.29, 1.82) is 0 Å². The first-order chi connectivity index (χ1) is 10.5. The molecule has 0 atom stereocenters. The fourth-order valence-electron chi connectivity index (χ4n) is 2.82. The number of likely N-dealkylation sites (N-methyl/N-ethyl adjacent to an activating group) is 1. The van der Waals surface area contributed by atoms with Crippen LogP contribution in [0.15, 0.2) is 35.2 Å². The van der Waals surface area contributed by atoms with Gasteiger partial charge < -0.3 is 5.32 Å². The number of benzene rings is 1. The summed E-state index contributed by atoms with van der Waals surface area (Å²) < 4.78 is 25.9. The van der Waals surface area contributed by atoms with Gasteiger partial charge in [0, 0.05) is 13.1 Å². The van der Waals surface area contributed by atoms with Crippen LogP contribution in [0.1, 0.15) is 25.7 Å². The Morgan fingerprint density at radius 2 is 1.73 bits per heavy atom. The fraction of sp³-hybridized carbons (Fsp3) is 0.562. The molecule has 0 radical (unpaired) electrons. The van der Waals surface area contributed by atoms with Gasteiger partial charge >= 0.3 is 0 Å². The average molecular weight is 322 g/mol. The number of amides is 1. The summed E-state index contributed by atoms with van der Waals surface area (Å²) in [5.74, 6) is 1.01. The van der Waals surface area contributed by atoms with Crippen molar-refractivity contribution in [3.63, 3.8) is 0 Å². The van der Waals surface area contributed by atoms with E-state index in [1.807, 2.05) is 0 Å². The maximum Gasteiger partial charge on any atom is 0.243 e. The topological polar surface area (TPSA) is 66.5 Å². The minimum absolute atomic E-state index is 0.132. The van der Waals surface area contributed by atoms with Crippen LogP contribution in [0.4, 0.5) is 0 Å². The van der Waals surface area contributed by atoms with Gasteiger partial charge in [-0.1, -0.05) is 18.2 Å². The van der Waals surface area contributed by atoms with Gasteiger partial charge in [0.25, 0.3) is 0 Å². The van der Waals surface area contributed by atoms with Crippen LogP contribution in [0.5, 0.6) is 0 Å². The second-order valence-corrected chi connectivity index (χ2v) is 8.39. The Labute approximate surface area is 131 Å². The van der Waals surface area contributed by atoms with Crippen molar-refractivity contribution in [3.8, 4) is 0 Å². The van der Waals surface area contributed by atoms with Gasteiger partial charge in [0.15, 0.2) is 0 Å². The molecule has 2 fully saturated rings. The second-order valence-electron chi connectivity index (χ2n) is 6.34. The third-order valence-electron chi connectivity index (χ3n) is 4.41. The Balaban J connectivity index is 1.60. The number of nitrogens with zero attached hydrogens (tertiary/aromatic N) is 1. The molecule has 0 bridgehead atoms. The molecule has 1 aromatic rings. The van der Waals surface area contributed by atoms with E-state index in [4.69, 9.17) is 0 Å². The molecule has 0 heterocycles. The van der Waals surface area contributed by atoms with Crippen LogP contribution in [0.3, 0.4) is 0 Å². The number of hydrogen-bond acceptors (Lipinski definition) is 3. The van der Waals surface area contributed by atoms with E-state index in [2.05, 4.69) is 5.32 Å². The molecular formula is C16H22N2O3S. The maximum atomic E-state index is 12.4. The van der Waals surface area contributed by atoms with E-state index in [9.17, 15) is 13.2 Å². The Kier molecular flexibility index (Phi) is 4.23. The standard InChI is InChI=1S/C16H22N2O3S/c1-18(22(20,21)14-5-3-2-4-6-14)11-15(19)17-16(12-7-8-12)13-9-10-13/h2-6,12-13,16H,7-11H2,1H3,(H,17,19). The van der Waals surface area contributed by atoms with Gasteiger partial charge in [-0.05, 0) is 49.7 Å². The van der Waals surface area contributed by atoms with Gasteiger partial charge in [-0.2, -0.15) is 4.31 Å². The number of carbonyl (C=O) groups is 1. The van der Waals surface area contributed by atoms with Gasteiger partial charge in [-0.15, -0.1) is 0 Å². The lowest BCUT2D eigenvalue weighted by molar-refractivity contribution is -0.122. The molecule has 3 rings (SSSR count). The van der Waals surface area contributed by atoms with Gasteiger partial charge in [0.05, 0.1) is 11.4 Å². The molecule has 0 spiro atoms. The predicted molar refractivity (Wildman–Crippen MR) is 83.6 cm³/mol. The summed E-state index contributed by atoms with van der Waals surface area (Å²) >= 11 is 0. The third-order valence-corrected chi connectivity index (χ3v) is 6.22. The summed E-state index contributed by atoms with van der Waals surface area (Å²) in [6, 6.07) is 8.46. The molecule has 1 N–H and O–H groups in total. The van der Waals surface area contributed by atoms with Crippen LogP contribution in [0, 0.1) is 11.8 Å². The maximum absolute atomic E-state index is 12.4. The van der Waals surface area contributed by atoms with Crippen LogP contribution >= 0.6 is 0 Å². The SMILES string of the molecule is CN(CC(=O)NC(C1CC1)C1CC1)S(=O)(=O)c1ccccc1. The van der Waals surface area contributed by atoms with E-state index in [0.717, 1.165) is 4.31 Å². The zero-order valence-electron chi connectivity index (χ0n) is 12.7. The Hall–Kier alpha value is -1.40. The van der Waals surface area contributed by atoms with Gasteiger partial charge in [0.1, 0.15) is 0 Å². The second kappa shape index (κ2) is 6.01. The van der Waals surface area contributed by atoms with Crippen LogP contribution in [-0.2, 0) is 14.8 Å². The largest absolute Gasteiger partial charge is 0.352 e. The Bertz CT molecular complexity index is 625. The highest BCUT2D eigenvalue weighted by molar-refractivity contribution is 7.89. The molecule has 120 valence electrons. The number of nitrogens with one attached hydrogen (secondary N) is 1. The summed E-state index contributed by atoms with van der Waals surface area (Å²) in [4.78, 5) is 12.4. The molecule has 2 saturated carbocycles. The van der Waals surface area contributed by atoms with Gasteiger partial charge in [0.2, 0.25) is 15.9 Å². The minimum Gasteiger partial charge on any atom is -0.352 e. The number of sulfonamides is 1. The predicted octanol–water partition coefficient (Wildman–Crippen LogP) is 1.61. The van der Waals surface area contributed by atoms with Crippen molar-refractivity contribution >= 4 is 15.9 Å². The van der Waals surface area contributed by atoms with Crippen molar-refractivity contribution in [2.45, 2.75) is 36.6 Å². The summed E-state index contributed by atoms with van der Waals surface area (Å²) in [6.45, 7) is -0.132. The molecule has 2 aliphatic rings. The third kappa shape index (κ3) is 3.50. The van der Waals surface area contributed by atoms with Gasteiger partial charge in [-0.25, -0.2) is 8.42 Å². The Morgan fingerprint density at radius 3 is 2.23 bits per heavy atom. The Morgan fingerprint density at radius 1 is 1.18 bits per heavy atom. The first-order valence-electron chi connectivity index (χ1n) is 7.79. The molecular weight excluding hydrogens is 300 g/mol.